The van der Waals surface area contributed by atoms with Crippen LogP contribution in [0.5, 0.6) is 0 Å². The Morgan fingerprint density at radius 3 is 2.63 bits per heavy atom. The summed E-state index contributed by atoms with van der Waals surface area (Å²) in [6.07, 6.45) is 7.50. The molecule has 19 heavy (non-hydrogen) atoms. The van der Waals surface area contributed by atoms with Gasteiger partial charge in [0.1, 0.15) is 0 Å². The molecule has 1 N–H and O–H groups in total. The Morgan fingerprint density at radius 2 is 1.95 bits per heavy atom. The first-order valence-electron chi connectivity index (χ1n) is 7.38. The molecule has 1 unspecified atom stereocenters. The summed E-state index contributed by atoms with van der Waals surface area (Å²) in [5.74, 6) is 0. The van der Waals surface area contributed by atoms with E-state index in [2.05, 4.69) is 47.2 Å². The van der Waals surface area contributed by atoms with E-state index in [1.54, 1.807) is 0 Å². The van der Waals surface area contributed by atoms with Gasteiger partial charge in [-0.2, -0.15) is 0 Å². The van der Waals surface area contributed by atoms with Crippen LogP contribution in [0.4, 0.5) is 0 Å². The summed E-state index contributed by atoms with van der Waals surface area (Å²) >= 11 is 9.94. The van der Waals surface area contributed by atoms with Crippen molar-refractivity contribution in [3.05, 3.63) is 33.3 Å². The molecule has 0 aliphatic heterocycles. The highest BCUT2D eigenvalue weighted by atomic mass is 79.9. The Kier molecular flexibility index (Phi) is 8.76. The van der Waals surface area contributed by atoms with E-state index in [-0.39, 0.29) is 0 Å². The average Bonchev–Trinajstić information content (AvgIpc) is 2.42. The van der Waals surface area contributed by atoms with Crippen LogP contribution in [0.3, 0.4) is 0 Å². The molecule has 1 nitrogen and oxygen atoms in total. The lowest BCUT2D eigenvalue weighted by atomic mass is 9.99. The molecule has 0 radical (unpaired) electrons. The fourth-order valence-electron chi connectivity index (χ4n) is 2.25. The number of halogens is 2. The minimum absolute atomic E-state index is 0.377. The smallest absolute Gasteiger partial charge is 0.0595 e. The zero-order valence-corrected chi connectivity index (χ0v) is 14.4. The van der Waals surface area contributed by atoms with Gasteiger partial charge in [-0.1, -0.05) is 63.3 Å². The molecule has 108 valence electrons. The van der Waals surface area contributed by atoms with Crippen LogP contribution in [0.25, 0.3) is 0 Å². The number of nitrogens with one attached hydrogen (secondary N) is 1. The fraction of sp³-hybridized carbons (Fsp3) is 0.625. The minimum Gasteiger partial charge on any atom is -0.310 e. The predicted octanol–water partition coefficient (Wildman–Crippen LogP) is 6.11. The van der Waals surface area contributed by atoms with Gasteiger partial charge in [-0.05, 0) is 46.9 Å². The zero-order valence-electron chi connectivity index (χ0n) is 12.0. The summed E-state index contributed by atoms with van der Waals surface area (Å²) in [6.45, 7) is 5.49. The first kappa shape index (κ1) is 17.0. The summed E-state index contributed by atoms with van der Waals surface area (Å²) < 4.78 is 0.989. The van der Waals surface area contributed by atoms with Crippen molar-refractivity contribution in [1.82, 2.24) is 5.32 Å². The molecule has 3 heteroatoms. The van der Waals surface area contributed by atoms with E-state index in [9.17, 15) is 0 Å². The second-order valence-electron chi connectivity index (χ2n) is 5.00. The van der Waals surface area contributed by atoms with Crippen molar-refractivity contribution in [2.24, 2.45) is 0 Å². The van der Waals surface area contributed by atoms with Gasteiger partial charge >= 0.3 is 0 Å². The zero-order chi connectivity index (χ0) is 14.1. The van der Waals surface area contributed by atoms with Gasteiger partial charge in [0.2, 0.25) is 0 Å². The lowest BCUT2D eigenvalue weighted by molar-refractivity contribution is 0.470. The number of hydrogen-bond donors (Lipinski definition) is 1. The molecule has 0 aromatic heterocycles. The largest absolute Gasteiger partial charge is 0.310 e. The van der Waals surface area contributed by atoms with Gasteiger partial charge in [0.25, 0.3) is 0 Å². The second kappa shape index (κ2) is 9.79. The maximum Gasteiger partial charge on any atom is 0.0595 e. The predicted molar refractivity (Wildman–Crippen MR) is 88.9 cm³/mol. The van der Waals surface area contributed by atoms with E-state index in [1.807, 2.05) is 6.07 Å². The van der Waals surface area contributed by atoms with E-state index >= 15 is 0 Å². The van der Waals surface area contributed by atoms with Crippen LogP contribution in [0.15, 0.2) is 22.7 Å². The molecule has 0 amide bonds. The third-order valence-electron chi connectivity index (χ3n) is 3.34. The molecule has 1 aromatic carbocycles. The molecule has 0 bridgehead atoms. The van der Waals surface area contributed by atoms with Gasteiger partial charge in [0.05, 0.1) is 5.02 Å². The third kappa shape index (κ3) is 5.85. The fourth-order valence-corrected chi connectivity index (χ4v) is 2.89. The molecule has 0 aliphatic carbocycles. The van der Waals surface area contributed by atoms with Gasteiger partial charge in [-0.3, -0.25) is 0 Å². The second-order valence-corrected chi connectivity index (χ2v) is 6.23. The SMILES string of the molecule is CCCCCCC(NCCC)c1cccc(Br)c1Cl. The molecule has 0 aliphatic rings. The van der Waals surface area contributed by atoms with Crippen molar-refractivity contribution in [3.63, 3.8) is 0 Å². The lowest BCUT2D eigenvalue weighted by Gasteiger charge is -2.20. The van der Waals surface area contributed by atoms with Gasteiger partial charge in [-0.25, -0.2) is 0 Å². The van der Waals surface area contributed by atoms with E-state index in [4.69, 9.17) is 11.6 Å². The van der Waals surface area contributed by atoms with Crippen LogP contribution in [-0.4, -0.2) is 6.54 Å². The van der Waals surface area contributed by atoms with Crippen molar-refractivity contribution in [2.75, 3.05) is 6.54 Å². The van der Waals surface area contributed by atoms with Crippen LogP contribution in [0.1, 0.15) is 64.0 Å². The van der Waals surface area contributed by atoms with Crippen LogP contribution in [-0.2, 0) is 0 Å². The first-order chi connectivity index (χ1) is 9.20. The molecule has 0 spiro atoms. The van der Waals surface area contributed by atoms with Crippen LogP contribution in [0, 0.1) is 0 Å². The third-order valence-corrected chi connectivity index (χ3v) is 4.65. The molecule has 0 saturated carbocycles. The minimum atomic E-state index is 0.377. The van der Waals surface area contributed by atoms with E-state index in [0.717, 1.165) is 28.9 Å². The summed E-state index contributed by atoms with van der Waals surface area (Å²) in [4.78, 5) is 0. The molecule has 1 rings (SSSR count). The number of unbranched alkanes of at least 4 members (excludes halogenated alkanes) is 3. The molecular weight excluding hydrogens is 322 g/mol. The van der Waals surface area contributed by atoms with Gasteiger partial charge < -0.3 is 5.32 Å². The summed E-state index contributed by atoms with van der Waals surface area (Å²) in [5, 5.41) is 4.48. The molecule has 0 saturated heterocycles. The molecular formula is C16H25BrClN. The molecule has 0 heterocycles. The monoisotopic (exact) mass is 345 g/mol. The highest BCUT2D eigenvalue weighted by molar-refractivity contribution is 9.10. The molecule has 1 aromatic rings. The Bertz CT molecular complexity index is 368. The van der Waals surface area contributed by atoms with Crippen molar-refractivity contribution < 1.29 is 0 Å². The standard InChI is InChI=1S/C16H25BrClN/c1-3-5-6-7-11-15(19-12-4-2)13-9-8-10-14(17)16(13)18/h8-10,15,19H,3-7,11-12H2,1-2H3. The summed E-state index contributed by atoms with van der Waals surface area (Å²) in [7, 11) is 0. The van der Waals surface area contributed by atoms with Gasteiger partial charge in [0, 0.05) is 10.5 Å². The quantitative estimate of drug-likeness (QED) is 0.532. The Hall–Kier alpha value is -0.0500. The number of hydrogen-bond acceptors (Lipinski definition) is 1. The molecule has 1 atom stereocenters. The topological polar surface area (TPSA) is 12.0 Å². The van der Waals surface area contributed by atoms with Crippen LogP contribution >= 0.6 is 27.5 Å². The molecule has 0 fully saturated rings. The van der Waals surface area contributed by atoms with Gasteiger partial charge in [-0.15, -0.1) is 0 Å². The van der Waals surface area contributed by atoms with Crippen molar-refractivity contribution in [3.8, 4) is 0 Å². The maximum absolute atomic E-state index is 6.42. The van der Waals surface area contributed by atoms with Gasteiger partial charge in [0.15, 0.2) is 0 Å². The van der Waals surface area contributed by atoms with Crippen molar-refractivity contribution in [2.45, 2.75) is 58.4 Å². The lowest BCUT2D eigenvalue weighted by Crippen LogP contribution is -2.22. The summed E-state index contributed by atoms with van der Waals surface area (Å²) in [6, 6.07) is 6.58. The maximum atomic E-state index is 6.42. The van der Waals surface area contributed by atoms with E-state index in [1.165, 1.54) is 31.2 Å². The highest BCUT2D eigenvalue weighted by Gasteiger charge is 2.15. The first-order valence-corrected chi connectivity index (χ1v) is 8.55. The number of rotatable bonds is 9. The van der Waals surface area contributed by atoms with Crippen molar-refractivity contribution in [1.29, 1.82) is 0 Å². The van der Waals surface area contributed by atoms with Crippen LogP contribution < -0.4 is 5.32 Å². The Morgan fingerprint density at radius 1 is 1.16 bits per heavy atom. The highest BCUT2D eigenvalue weighted by Crippen LogP contribution is 2.32. The average molecular weight is 347 g/mol. The van der Waals surface area contributed by atoms with E-state index < -0.39 is 0 Å². The van der Waals surface area contributed by atoms with Crippen LogP contribution in [0.2, 0.25) is 5.02 Å². The van der Waals surface area contributed by atoms with E-state index in [0.29, 0.717) is 6.04 Å². The Labute approximate surface area is 131 Å². The number of benzene rings is 1. The Balaban J connectivity index is 2.69. The normalized spacial score (nSPS) is 12.6. The summed E-state index contributed by atoms with van der Waals surface area (Å²) in [5.41, 5.74) is 1.22. The van der Waals surface area contributed by atoms with Crippen molar-refractivity contribution >= 4 is 27.5 Å².